The summed E-state index contributed by atoms with van der Waals surface area (Å²) in [6, 6.07) is 18.4. The predicted molar refractivity (Wildman–Crippen MR) is 127 cm³/mol. The fourth-order valence-electron chi connectivity index (χ4n) is 2.74. The average Bonchev–Trinajstić information content (AvgIpc) is 3.52. The maximum Gasteiger partial charge on any atom is 0.258 e. The van der Waals surface area contributed by atoms with Gasteiger partial charge in [-0.15, -0.1) is 24.0 Å². The van der Waals surface area contributed by atoms with Crippen LogP contribution in [-0.2, 0) is 17.6 Å². The Hall–Kier alpha value is -2.29. The third-order valence-electron chi connectivity index (χ3n) is 4.48. The molecule has 0 saturated heterocycles. The second kappa shape index (κ2) is 12.3. The third kappa shape index (κ3) is 9.17. The number of halogens is 1. The zero-order valence-corrected chi connectivity index (χ0v) is 18.8. The summed E-state index contributed by atoms with van der Waals surface area (Å²) in [6.45, 7) is 1.44. The molecule has 0 spiro atoms. The minimum absolute atomic E-state index is 0. The molecule has 0 heterocycles. The lowest BCUT2D eigenvalue weighted by atomic mass is 10.1. The summed E-state index contributed by atoms with van der Waals surface area (Å²) >= 11 is 0. The molecule has 0 bridgehead atoms. The van der Waals surface area contributed by atoms with Crippen molar-refractivity contribution >= 4 is 35.8 Å². The molecule has 4 N–H and O–H groups in total. The van der Waals surface area contributed by atoms with E-state index < -0.39 is 0 Å². The summed E-state index contributed by atoms with van der Waals surface area (Å²) in [5.74, 6) is 1.11. The molecule has 1 fully saturated rings. The molecule has 0 aromatic heterocycles. The van der Waals surface area contributed by atoms with Crippen molar-refractivity contribution in [3.63, 3.8) is 0 Å². The van der Waals surface area contributed by atoms with Crippen LogP contribution in [-0.4, -0.2) is 37.6 Å². The van der Waals surface area contributed by atoms with Gasteiger partial charge in [0.25, 0.3) is 5.91 Å². The monoisotopic (exact) mass is 508 g/mol. The molecule has 6 nitrogen and oxygen atoms in total. The van der Waals surface area contributed by atoms with E-state index in [-0.39, 0.29) is 36.5 Å². The molecule has 2 aromatic rings. The highest BCUT2D eigenvalue weighted by molar-refractivity contribution is 14.0. The zero-order valence-electron chi connectivity index (χ0n) is 16.5. The molecule has 0 aliphatic heterocycles. The van der Waals surface area contributed by atoms with E-state index in [1.807, 2.05) is 42.5 Å². The van der Waals surface area contributed by atoms with Crippen LogP contribution in [0.1, 0.15) is 24.0 Å². The standard InChI is InChI=1S/C22H28N4O2.HI/c23-22(24-14-12-17-4-2-1-3-5-17)25-15-13-18-6-10-20(11-7-18)28-16-21(27)26-19-8-9-19;/h1-7,10-11,19H,8-9,12-16H2,(H,26,27)(H3,23,24,25);1H. The number of nitrogens with two attached hydrogens (primary N) is 1. The van der Waals surface area contributed by atoms with Crippen molar-refractivity contribution in [3.05, 3.63) is 65.7 Å². The molecule has 0 unspecified atom stereocenters. The Bertz CT molecular complexity index is 777. The molecular formula is C22H29IN4O2. The number of amides is 1. The van der Waals surface area contributed by atoms with Gasteiger partial charge in [0.15, 0.2) is 12.6 Å². The van der Waals surface area contributed by atoms with Gasteiger partial charge in [0.1, 0.15) is 5.75 Å². The maximum absolute atomic E-state index is 11.6. The Morgan fingerprint density at radius 2 is 1.72 bits per heavy atom. The van der Waals surface area contributed by atoms with Crippen LogP contribution >= 0.6 is 24.0 Å². The molecular weight excluding hydrogens is 479 g/mol. The van der Waals surface area contributed by atoms with Crippen molar-refractivity contribution < 1.29 is 9.53 Å². The van der Waals surface area contributed by atoms with Crippen LogP contribution in [0.15, 0.2) is 59.6 Å². The van der Waals surface area contributed by atoms with Gasteiger partial charge in [-0.25, -0.2) is 0 Å². The number of nitrogens with zero attached hydrogens (tertiary/aromatic N) is 1. The van der Waals surface area contributed by atoms with E-state index in [4.69, 9.17) is 10.5 Å². The first kappa shape index (κ1) is 23.0. The summed E-state index contributed by atoms with van der Waals surface area (Å²) in [4.78, 5) is 16.0. The normalized spacial score (nSPS) is 13.3. The van der Waals surface area contributed by atoms with Crippen LogP contribution in [0.5, 0.6) is 5.75 Å². The Balaban J connectivity index is 0.00000300. The molecule has 156 valence electrons. The van der Waals surface area contributed by atoms with Crippen molar-refractivity contribution in [1.82, 2.24) is 10.6 Å². The second-order valence-corrected chi connectivity index (χ2v) is 6.95. The van der Waals surface area contributed by atoms with Crippen LogP contribution in [0.25, 0.3) is 0 Å². The number of hydrogen-bond acceptors (Lipinski definition) is 3. The first-order chi connectivity index (χ1) is 13.7. The van der Waals surface area contributed by atoms with Crippen LogP contribution in [0, 0.1) is 0 Å². The van der Waals surface area contributed by atoms with E-state index in [1.54, 1.807) is 0 Å². The van der Waals surface area contributed by atoms with Crippen molar-refractivity contribution in [2.45, 2.75) is 31.7 Å². The van der Waals surface area contributed by atoms with Gasteiger partial charge in [-0.05, 0) is 48.9 Å². The largest absolute Gasteiger partial charge is 0.484 e. The van der Waals surface area contributed by atoms with E-state index in [0.717, 1.165) is 37.8 Å². The van der Waals surface area contributed by atoms with Crippen LogP contribution in [0.4, 0.5) is 0 Å². The van der Waals surface area contributed by atoms with Crippen molar-refractivity contribution in [2.75, 3.05) is 19.7 Å². The van der Waals surface area contributed by atoms with Gasteiger partial charge in [-0.1, -0.05) is 42.5 Å². The molecule has 1 aliphatic rings. The summed E-state index contributed by atoms with van der Waals surface area (Å²) in [5, 5.41) is 6.04. The molecule has 1 aliphatic carbocycles. The highest BCUT2D eigenvalue weighted by Gasteiger charge is 2.23. The van der Waals surface area contributed by atoms with Gasteiger partial charge >= 0.3 is 0 Å². The number of nitrogens with one attached hydrogen (secondary N) is 2. The Labute approximate surface area is 189 Å². The first-order valence-corrected chi connectivity index (χ1v) is 9.78. The van der Waals surface area contributed by atoms with E-state index >= 15 is 0 Å². The number of aliphatic imine (C=N–C) groups is 1. The van der Waals surface area contributed by atoms with E-state index in [9.17, 15) is 4.79 Å². The van der Waals surface area contributed by atoms with Gasteiger partial charge in [0, 0.05) is 19.1 Å². The molecule has 1 amide bonds. The molecule has 0 atom stereocenters. The second-order valence-electron chi connectivity index (χ2n) is 6.95. The molecule has 1 saturated carbocycles. The lowest BCUT2D eigenvalue weighted by Gasteiger charge is -2.08. The number of carbonyl (C=O) groups is 1. The van der Waals surface area contributed by atoms with Gasteiger partial charge in [-0.2, -0.15) is 0 Å². The molecule has 7 heteroatoms. The fraction of sp³-hybridized carbons (Fsp3) is 0.364. The van der Waals surface area contributed by atoms with E-state index in [0.29, 0.717) is 24.3 Å². The lowest BCUT2D eigenvalue weighted by molar-refractivity contribution is -0.123. The van der Waals surface area contributed by atoms with Gasteiger partial charge in [0.2, 0.25) is 0 Å². The minimum atomic E-state index is -0.0591. The molecule has 29 heavy (non-hydrogen) atoms. The van der Waals surface area contributed by atoms with Crippen molar-refractivity contribution in [2.24, 2.45) is 10.7 Å². The summed E-state index contributed by atoms with van der Waals surface area (Å²) in [7, 11) is 0. The fourth-order valence-corrected chi connectivity index (χ4v) is 2.74. The smallest absolute Gasteiger partial charge is 0.258 e. The zero-order chi connectivity index (χ0) is 19.6. The summed E-state index contributed by atoms with van der Waals surface area (Å²) in [6.07, 6.45) is 3.87. The number of carbonyl (C=O) groups excluding carboxylic acids is 1. The first-order valence-electron chi connectivity index (χ1n) is 9.78. The average molecular weight is 508 g/mol. The number of rotatable bonds is 10. The molecule has 0 radical (unpaired) electrons. The quantitative estimate of drug-likeness (QED) is 0.262. The Kier molecular flexibility index (Phi) is 9.76. The lowest BCUT2D eigenvalue weighted by Crippen LogP contribution is -2.33. The third-order valence-corrected chi connectivity index (χ3v) is 4.48. The molecule has 3 rings (SSSR count). The van der Waals surface area contributed by atoms with Crippen molar-refractivity contribution in [1.29, 1.82) is 0 Å². The maximum atomic E-state index is 11.6. The SMILES string of the molecule is I.NC(=NCCc1ccc(OCC(=O)NC2CC2)cc1)NCCc1ccccc1. The van der Waals surface area contributed by atoms with Gasteiger partial charge < -0.3 is 21.1 Å². The van der Waals surface area contributed by atoms with Gasteiger partial charge in [0.05, 0.1) is 0 Å². The van der Waals surface area contributed by atoms with Crippen LogP contribution < -0.4 is 21.1 Å². The Morgan fingerprint density at radius 1 is 1.03 bits per heavy atom. The van der Waals surface area contributed by atoms with E-state index in [1.165, 1.54) is 5.56 Å². The number of guanidine groups is 1. The minimum Gasteiger partial charge on any atom is -0.484 e. The van der Waals surface area contributed by atoms with Crippen molar-refractivity contribution in [3.8, 4) is 5.75 Å². The summed E-state index contributed by atoms with van der Waals surface area (Å²) in [5.41, 5.74) is 8.34. The van der Waals surface area contributed by atoms with Crippen LogP contribution in [0.3, 0.4) is 0 Å². The molecule has 2 aromatic carbocycles. The number of benzene rings is 2. The predicted octanol–water partition coefficient (Wildman–Crippen LogP) is 2.65. The van der Waals surface area contributed by atoms with Gasteiger partial charge in [-0.3, -0.25) is 9.79 Å². The van der Waals surface area contributed by atoms with E-state index in [2.05, 4.69) is 27.8 Å². The number of hydrogen-bond donors (Lipinski definition) is 3. The van der Waals surface area contributed by atoms with Crippen LogP contribution in [0.2, 0.25) is 0 Å². The highest BCUT2D eigenvalue weighted by Crippen LogP contribution is 2.18. The highest BCUT2D eigenvalue weighted by atomic mass is 127. The topological polar surface area (TPSA) is 88.7 Å². The number of ether oxygens (including phenoxy) is 1. The Morgan fingerprint density at radius 3 is 2.41 bits per heavy atom. The summed E-state index contributed by atoms with van der Waals surface area (Å²) < 4.78 is 5.51.